The lowest BCUT2D eigenvalue weighted by Crippen LogP contribution is -2.39. The second kappa shape index (κ2) is 7.91. The molecule has 8 heteroatoms. The summed E-state index contributed by atoms with van der Waals surface area (Å²) >= 11 is 0. The number of carbonyl (C=O) groups excluding carboxylic acids is 1. The van der Waals surface area contributed by atoms with Gasteiger partial charge in [0.25, 0.3) is 5.91 Å². The molecule has 0 saturated carbocycles. The molecule has 0 unspecified atom stereocenters. The van der Waals surface area contributed by atoms with E-state index in [1.54, 1.807) is 36.4 Å². The molecule has 4 aromatic rings. The van der Waals surface area contributed by atoms with Crippen LogP contribution in [0.4, 0.5) is 10.1 Å². The van der Waals surface area contributed by atoms with Crippen LogP contribution in [0.25, 0.3) is 11.0 Å². The number of rotatable bonds is 4. The summed E-state index contributed by atoms with van der Waals surface area (Å²) in [6, 6.07) is 17.3. The molecule has 0 aliphatic rings. The Hall–Kier alpha value is -4.20. The fourth-order valence-electron chi connectivity index (χ4n) is 3.22. The predicted octanol–water partition coefficient (Wildman–Crippen LogP) is 3.42. The van der Waals surface area contributed by atoms with Gasteiger partial charge in [0.15, 0.2) is 5.75 Å². The number of anilines is 1. The summed E-state index contributed by atoms with van der Waals surface area (Å²) < 4.78 is 21.9. The van der Waals surface area contributed by atoms with Crippen LogP contribution in [0.2, 0.25) is 0 Å². The van der Waals surface area contributed by atoms with Crippen molar-refractivity contribution in [3.05, 3.63) is 98.8 Å². The SMILES string of the molecule is Cn1c(=O)c(=O)n(C)c2cc(Oc3ccccc3)c(NC(=O)c3cccc(F)c3)cc21. The minimum atomic E-state index is -0.700. The molecule has 0 aliphatic carbocycles. The molecule has 156 valence electrons. The maximum atomic E-state index is 13.5. The van der Waals surface area contributed by atoms with E-state index < -0.39 is 22.8 Å². The van der Waals surface area contributed by atoms with Crippen molar-refractivity contribution in [2.45, 2.75) is 0 Å². The molecular weight excluding hydrogens is 401 g/mol. The van der Waals surface area contributed by atoms with Crippen molar-refractivity contribution in [1.29, 1.82) is 0 Å². The predicted molar refractivity (Wildman–Crippen MR) is 115 cm³/mol. The van der Waals surface area contributed by atoms with Crippen LogP contribution in [-0.4, -0.2) is 15.0 Å². The van der Waals surface area contributed by atoms with E-state index in [0.717, 1.165) is 6.07 Å². The van der Waals surface area contributed by atoms with Gasteiger partial charge in [-0.25, -0.2) is 4.39 Å². The van der Waals surface area contributed by atoms with Crippen LogP contribution in [0.1, 0.15) is 10.4 Å². The van der Waals surface area contributed by atoms with Crippen molar-refractivity contribution < 1.29 is 13.9 Å². The third-order valence-electron chi connectivity index (χ3n) is 4.90. The number of amides is 1. The first-order valence-corrected chi connectivity index (χ1v) is 9.39. The Labute approximate surface area is 175 Å². The Balaban J connectivity index is 1.88. The second-order valence-corrected chi connectivity index (χ2v) is 6.95. The number of hydrogen-bond donors (Lipinski definition) is 1. The molecular formula is C23H18FN3O4. The Morgan fingerprint density at radius 2 is 1.52 bits per heavy atom. The number of nitrogens with zero attached hydrogens (tertiary/aromatic N) is 2. The molecule has 0 aliphatic heterocycles. The van der Waals surface area contributed by atoms with Gasteiger partial charge in [-0.1, -0.05) is 24.3 Å². The molecule has 4 rings (SSSR count). The fraction of sp³-hybridized carbons (Fsp3) is 0.0870. The average Bonchev–Trinajstić information content (AvgIpc) is 2.77. The lowest BCUT2D eigenvalue weighted by molar-refractivity contribution is 0.102. The maximum Gasteiger partial charge on any atom is 0.316 e. The van der Waals surface area contributed by atoms with Crippen molar-refractivity contribution in [3.8, 4) is 11.5 Å². The van der Waals surface area contributed by atoms with E-state index in [-0.39, 0.29) is 17.0 Å². The molecule has 1 amide bonds. The van der Waals surface area contributed by atoms with Crippen molar-refractivity contribution in [3.63, 3.8) is 0 Å². The molecule has 1 aromatic heterocycles. The van der Waals surface area contributed by atoms with E-state index >= 15 is 0 Å². The largest absolute Gasteiger partial charge is 0.455 e. The smallest absolute Gasteiger partial charge is 0.316 e. The van der Waals surface area contributed by atoms with E-state index in [1.807, 2.05) is 6.07 Å². The van der Waals surface area contributed by atoms with Gasteiger partial charge in [-0.05, 0) is 36.4 Å². The number of benzene rings is 3. The summed E-state index contributed by atoms with van der Waals surface area (Å²) in [6.07, 6.45) is 0. The van der Waals surface area contributed by atoms with Crippen LogP contribution in [0.3, 0.4) is 0 Å². The maximum absolute atomic E-state index is 13.5. The molecule has 1 heterocycles. The molecule has 3 aromatic carbocycles. The summed E-state index contributed by atoms with van der Waals surface area (Å²) in [5, 5.41) is 2.71. The Kier molecular flexibility index (Phi) is 5.12. The van der Waals surface area contributed by atoms with E-state index in [0.29, 0.717) is 16.8 Å². The Morgan fingerprint density at radius 1 is 0.871 bits per heavy atom. The van der Waals surface area contributed by atoms with Gasteiger partial charge in [0.2, 0.25) is 0 Å². The number of fused-ring (bicyclic) bond motifs is 1. The summed E-state index contributed by atoms with van der Waals surface area (Å²) in [4.78, 5) is 37.2. The monoisotopic (exact) mass is 419 g/mol. The topological polar surface area (TPSA) is 82.3 Å². The van der Waals surface area contributed by atoms with E-state index in [1.165, 1.54) is 41.4 Å². The van der Waals surface area contributed by atoms with Crippen LogP contribution in [-0.2, 0) is 14.1 Å². The minimum absolute atomic E-state index is 0.125. The molecule has 0 saturated heterocycles. The van der Waals surface area contributed by atoms with Crippen molar-refractivity contribution in [2.24, 2.45) is 14.1 Å². The number of para-hydroxylation sites is 1. The highest BCUT2D eigenvalue weighted by Crippen LogP contribution is 2.33. The number of hydrogen-bond acceptors (Lipinski definition) is 4. The number of carbonyl (C=O) groups is 1. The molecule has 0 atom stereocenters. The first-order valence-electron chi connectivity index (χ1n) is 9.39. The number of aromatic nitrogens is 2. The minimum Gasteiger partial charge on any atom is -0.455 e. The van der Waals surface area contributed by atoms with Crippen molar-refractivity contribution >= 4 is 22.6 Å². The standard InChI is InChI=1S/C23H18FN3O4/c1-26-18-12-17(25-21(28)14-7-6-8-15(24)11-14)20(31-16-9-4-3-5-10-16)13-19(18)27(2)23(30)22(26)29/h3-13H,1-2H3,(H,25,28). The molecule has 0 spiro atoms. The summed E-state index contributed by atoms with van der Waals surface area (Å²) in [7, 11) is 2.96. The van der Waals surface area contributed by atoms with Gasteiger partial charge in [0.05, 0.1) is 16.7 Å². The van der Waals surface area contributed by atoms with Gasteiger partial charge in [-0.15, -0.1) is 0 Å². The average molecular weight is 419 g/mol. The number of ether oxygens (including phenoxy) is 1. The number of aryl methyl sites for hydroxylation is 2. The van der Waals surface area contributed by atoms with Crippen molar-refractivity contribution in [2.75, 3.05) is 5.32 Å². The van der Waals surface area contributed by atoms with Crippen molar-refractivity contribution in [1.82, 2.24) is 9.13 Å². The normalized spacial score (nSPS) is 10.8. The van der Waals surface area contributed by atoms with Crippen LogP contribution in [0.5, 0.6) is 11.5 Å². The highest BCUT2D eigenvalue weighted by atomic mass is 19.1. The van der Waals surface area contributed by atoms with Gasteiger partial charge in [-0.2, -0.15) is 0 Å². The molecule has 1 N–H and O–H groups in total. The summed E-state index contributed by atoms with van der Waals surface area (Å²) in [5.74, 6) is -0.314. The van der Waals surface area contributed by atoms with Gasteiger partial charge in [0.1, 0.15) is 11.6 Å². The fourth-order valence-corrected chi connectivity index (χ4v) is 3.22. The molecule has 0 bridgehead atoms. The van der Waals surface area contributed by atoms with Gasteiger partial charge >= 0.3 is 11.1 Å². The molecule has 31 heavy (non-hydrogen) atoms. The van der Waals surface area contributed by atoms with E-state index in [2.05, 4.69) is 5.32 Å². The first-order chi connectivity index (χ1) is 14.8. The zero-order valence-corrected chi connectivity index (χ0v) is 16.8. The van der Waals surface area contributed by atoms with E-state index in [4.69, 9.17) is 4.74 Å². The lowest BCUT2D eigenvalue weighted by atomic mass is 10.2. The third kappa shape index (κ3) is 3.83. The van der Waals surface area contributed by atoms with Gasteiger partial charge in [0, 0.05) is 25.7 Å². The van der Waals surface area contributed by atoms with Crippen LogP contribution in [0, 0.1) is 5.82 Å². The zero-order valence-electron chi connectivity index (χ0n) is 16.8. The number of nitrogens with one attached hydrogen (secondary N) is 1. The first kappa shape index (κ1) is 20.1. The van der Waals surface area contributed by atoms with Gasteiger partial charge < -0.3 is 19.2 Å². The lowest BCUT2D eigenvalue weighted by Gasteiger charge is -2.16. The Bertz CT molecular complexity index is 1420. The van der Waals surface area contributed by atoms with Crippen LogP contribution < -0.4 is 21.2 Å². The van der Waals surface area contributed by atoms with Gasteiger partial charge in [-0.3, -0.25) is 14.4 Å². The summed E-state index contributed by atoms with van der Waals surface area (Å²) in [6.45, 7) is 0. The Morgan fingerprint density at radius 3 is 2.16 bits per heavy atom. The highest BCUT2D eigenvalue weighted by Gasteiger charge is 2.17. The third-order valence-corrected chi connectivity index (χ3v) is 4.90. The quantitative estimate of drug-likeness (QED) is 0.514. The zero-order chi connectivity index (χ0) is 22.1. The van der Waals surface area contributed by atoms with E-state index in [9.17, 15) is 18.8 Å². The number of halogens is 1. The van der Waals surface area contributed by atoms with Crippen LogP contribution in [0.15, 0.2) is 76.3 Å². The molecule has 0 radical (unpaired) electrons. The van der Waals surface area contributed by atoms with Crippen LogP contribution >= 0.6 is 0 Å². The second-order valence-electron chi connectivity index (χ2n) is 6.95. The molecule has 7 nitrogen and oxygen atoms in total. The molecule has 0 fully saturated rings. The highest BCUT2D eigenvalue weighted by molar-refractivity contribution is 6.06. The summed E-state index contributed by atoms with van der Waals surface area (Å²) in [5.41, 5.74) is -0.130.